The molecule has 9 heteroatoms. The molecule has 2 saturated heterocycles. The monoisotopic (exact) mass is 415 g/mol. The van der Waals surface area contributed by atoms with Gasteiger partial charge in [0, 0.05) is 70.5 Å². The molecule has 2 fully saturated rings. The first-order valence-electron chi connectivity index (χ1n) is 10.2. The molecule has 2 aromatic rings. The van der Waals surface area contributed by atoms with Gasteiger partial charge in [-0.3, -0.25) is 19.5 Å². The number of hydrogen-bond donors (Lipinski definition) is 1. The molecule has 30 heavy (non-hydrogen) atoms. The van der Waals surface area contributed by atoms with Crippen molar-refractivity contribution >= 4 is 17.5 Å². The summed E-state index contributed by atoms with van der Waals surface area (Å²) in [7, 11) is 1.70. The van der Waals surface area contributed by atoms with Gasteiger partial charge >= 0.3 is 0 Å². The summed E-state index contributed by atoms with van der Waals surface area (Å²) in [5.74, 6) is -0.0182. The van der Waals surface area contributed by atoms with Gasteiger partial charge in [0.2, 0.25) is 11.9 Å². The Morgan fingerprint density at radius 2 is 1.90 bits per heavy atom. The molecule has 0 radical (unpaired) electrons. The van der Waals surface area contributed by atoms with E-state index in [0.717, 1.165) is 32.7 Å². The van der Waals surface area contributed by atoms with Gasteiger partial charge in [-0.15, -0.1) is 0 Å². The van der Waals surface area contributed by atoms with Gasteiger partial charge in [0.05, 0.1) is 12.3 Å². The third-order valence-electron chi connectivity index (χ3n) is 5.71. The van der Waals surface area contributed by atoms with Crippen LogP contribution in [-0.2, 0) is 9.53 Å². The van der Waals surface area contributed by atoms with Gasteiger partial charge in [0.1, 0.15) is 5.82 Å². The number of aromatic amines is 1. The predicted molar refractivity (Wildman–Crippen MR) is 111 cm³/mol. The number of nitrogens with one attached hydrogen (secondary N) is 1. The van der Waals surface area contributed by atoms with Crippen LogP contribution in [0.1, 0.15) is 18.0 Å². The quantitative estimate of drug-likeness (QED) is 0.764. The molecule has 1 aromatic heterocycles. The summed E-state index contributed by atoms with van der Waals surface area (Å²) in [6, 6.07) is 7.34. The maximum atomic E-state index is 13.2. The van der Waals surface area contributed by atoms with Gasteiger partial charge in [0.15, 0.2) is 0 Å². The van der Waals surface area contributed by atoms with E-state index >= 15 is 0 Å². The number of methoxy groups -OCH3 is 1. The van der Waals surface area contributed by atoms with Crippen LogP contribution >= 0.6 is 0 Å². The molecule has 2 aliphatic rings. The standard InChI is InChI=1S/C21H26FN5O3/c1-30-11-10-25-6-8-26(9-7-25)21-23-18(13-19(28)24-21)15-12-20(29)27(14-15)17-4-2-16(22)3-5-17/h2-5,13,15H,6-12,14H2,1H3,(H,23,24,28)/t15-/m0/s1. The summed E-state index contributed by atoms with van der Waals surface area (Å²) in [6.07, 6.45) is 0.276. The zero-order chi connectivity index (χ0) is 21.1. The lowest BCUT2D eigenvalue weighted by atomic mass is 10.0. The number of halogens is 1. The summed E-state index contributed by atoms with van der Waals surface area (Å²) < 4.78 is 18.3. The molecule has 0 aliphatic carbocycles. The molecule has 4 rings (SSSR count). The third kappa shape index (κ3) is 4.52. The van der Waals surface area contributed by atoms with Gasteiger partial charge in [-0.05, 0) is 24.3 Å². The molecule has 8 nitrogen and oxygen atoms in total. The highest BCUT2D eigenvalue weighted by molar-refractivity contribution is 5.96. The minimum Gasteiger partial charge on any atom is -0.383 e. The van der Waals surface area contributed by atoms with E-state index in [0.29, 0.717) is 30.5 Å². The maximum Gasteiger partial charge on any atom is 0.252 e. The zero-order valence-corrected chi connectivity index (χ0v) is 17.0. The van der Waals surface area contributed by atoms with Crippen molar-refractivity contribution in [2.24, 2.45) is 0 Å². The Morgan fingerprint density at radius 1 is 1.17 bits per heavy atom. The van der Waals surface area contributed by atoms with Gasteiger partial charge in [-0.25, -0.2) is 9.37 Å². The molecular weight excluding hydrogens is 389 g/mol. The maximum absolute atomic E-state index is 13.2. The fourth-order valence-corrected chi connectivity index (χ4v) is 4.00. The number of hydrogen-bond acceptors (Lipinski definition) is 6. The number of nitrogens with zero attached hydrogens (tertiary/aromatic N) is 4. The molecule has 0 unspecified atom stereocenters. The van der Waals surface area contributed by atoms with Crippen molar-refractivity contribution in [1.82, 2.24) is 14.9 Å². The van der Waals surface area contributed by atoms with Crippen LogP contribution in [0, 0.1) is 5.82 Å². The topological polar surface area (TPSA) is 81.8 Å². The Bertz CT molecular complexity index is 940. The molecular formula is C21H26FN5O3. The lowest BCUT2D eigenvalue weighted by Crippen LogP contribution is -2.48. The molecule has 1 aromatic carbocycles. The van der Waals surface area contributed by atoms with E-state index < -0.39 is 0 Å². The number of carbonyl (C=O) groups excluding carboxylic acids is 1. The largest absolute Gasteiger partial charge is 0.383 e. The Balaban J connectivity index is 1.47. The lowest BCUT2D eigenvalue weighted by molar-refractivity contribution is -0.117. The van der Waals surface area contributed by atoms with E-state index in [2.05, 4.69) is 14.8 Å². The highest BCUT2D eigenvalue weighted by atomic mass is 19.1. The number of ether oxygens (including phenoxy) is 1. The van der Waals surface area contributed by atoms with Crippen molar-refractivity contribution < 1.29 is 13.9 Å². The van der Waals surface area contributed by atoms with Gasteiger partial charge < -0.3 is 14.5 Å². The Labute approximate surface area is 174 Å². The van der Waals surface area contributed by atoms with E-state index in [1.54, 1.807) is 24.1 Å². The zero-order valence-electron chi connectivity index (χ0n) is 17.0. The van der Waals surface area contributed by atoms with Gasteiger partial charge in [-0.1, -0.05) is 0 Å². The van der Waals surface area contributed by atoms with Gasteiger partial charge in [-0.2, -0.15) is 0 Å². The first-order valence-corrected chi connectivity index (χ1v) is 10.2. The normalized spacial score (nSPS) is 20.2. The minimum atomic E-state index is -0.342. The molecule has 0 saturated carbocycles. The number of aromatic nitrogens is 2. The van der Waals surface area contributed by atoms with Crippen LogP contribution in [-0.4, -0.2) is 73.8 Å². The molecule has 3 heterocycles. The lowest BCUT2D eigenvalue weighted by Gasteiger charge is -2.35. The Morgan fingerprint density at radius 3 is 2.60 bits per heavy atom. The van der Waals surface area contributed by atoms with Crippen molar-refractivity contribution in [2.75, 3.05) is 62.8 Å². The predicted octanol–water partition coefficient (Wildman–Crippen LogP) is 1.20. The average molecular weight is 415 g/mol. The summed E-state index contributed by atoms with van der Waals surface area (Å²) in [4.78, 5) is 38.4. The second-order valence-corrected chi connectivity index (χ2v) is 7.70. The van der Waals surface area contributed by atoms with Crippen molar-refractivity contribution in [3.63, 3.8) is 0 Å². The van der Waals surface area contributed by atoms with E-state index in [1.165, 1.54) is 18.2 Å². The van der Waals surface area contributed by atoms with Crippen molar-refractivity contribution in [1.29, 1.82) is 0 Å². The first kappa shape index (κ1) is 20.5. The van der Waals surface area contributed by atoms with Crippen LogP contribution in [0.5, 0.6) is 0 Å². The smallest absolute Gasteiger partial charge is 0.252 e. The summed E-state index contributed by atoms with van der Waals surface area (Å²) in [5, 5.41) is 0. The fraction of sp³-hybridized carbons (Fsp3) is 0.476. The number of benzene rings is 1. The van der Waals surface area contributed by atoms with Gasteiger partial charge in [0.25, 0.3) is 5.56 Å². The first-order chi connectivity index (χ1) is 14.5. The molecule has 1 N–H and O–H groups in total. The van der Waals surface area contributed by atoms with Crippen LogP contribution in [0.15, 0.2) is 35.1 Å². The Kier molecular flexibility index (Phi) is 6.10. The molecule has 2 aliphatic heterocycles. The second-order valence-electron chi connectivity index (χ2n) is 7.70. The van der Waals surface area contributed by atoms with E-state index in [4.69, 9.17) is 9.72 Å². The molecule has 0 bridgehead atoms. The Hall–Kier alpha value is -2.78. The number of piperazine rings is 1. The third-order valence-corrected chi connectivity index (χ3v) is 5.71. The van der Waals surface area contributed by atoms with Crippen LogP contribution in [0.2, 0.25) is 0 Å². The number of carbonyl (C=O) groups is 1. The number of H-pyrrole nitrogens is 1. The summed E-state index contributed by atoms with van der Waals surface area (Å²) in [5.41, 5.74) is 1.05. The van der Waals surface area contributed by atoms with Crippen LogP contribution in [0.25, 0.3) is 0 Å². The van der Waals surface area contributed by atoms with Crippen LogP contribution < -0.4 is 15.4 Å². The highest BCUT2D eigenvalue weighted by Gasteiger charge is 2.33. The number of amides is 1. The molecule has 160 valence electrons. The molecule has 1 amide bonds. The highest BCUT2D eigenvalue weighted by Crippen LogP contribution is 2.31. The van der Waals surface area contributed by atoms with Crippen LogP contribution in [0.3, 0.4) is 0 Å². The van der Waals surface area contributed by atoms with Crippen molar-refractivity contribution in [3.8, 4) is 0 Å². The average Bonchev–Trinajstić information content (AvgIpc) is 3.14. The summed E-state index contributed by atoms with van der Waals surface area (Å²) >= 11 is 0. The van der Waals surface area contributed by atoms with Crippen LogP contribution in [0.4, 0.5) is 16.0 Å². The fourth-order valence-electron chi connectivity index (χ4n) is 4.00. The molecule has 0 spiro atoms. The van der Waals surface area contributed by atoms with E-state index in [-0.39, 0.29) is 29.6 Å². The van der Waals surface area contributed by atoms with Crippen molar-refractivity contribution in [3.05, 3.63) is 52.2 Å². The molecule has 1 atom stereocenters. The number of anilines is 2. The van der Waals surface area contributed by atoms with E-state index in [1.807, 2.05) is 0 Å². The minimum absolute atomic E-state index is 0.0537. The number of rotatable bonds is 6. The van der Waals surface area contributed by atoms with E-state index in [9.17, 15) is 14.0 Å². The summed E-state index contributed by atoms with van der Waals surface area (Å²) in [6.45, 7) is 5.28. The SMILES string of the molecule is COCCN1CCN(c2nc([C@H]3CC(=O)N(c4ccc(F)cc4)C3)cc(=O)[nH]2)CC1. The van der Waals surface area contributed by atoms with Crippen molar-refractivity contribution in [2.45, 2.75) is 12.3 Å². The second kappa shape index (κ2) is 8.93.